The zero-order valence-corrected chi connectivity index (χ0v) is 15.9. The van der Waals surface area contributed by atoms with Crippen molar-refractivity contribution in [1.29, 1.82) is 0 Å². The van der Waals surface area contributed by atoms with E-state index in [0.29, 0.717) is 17.9 Å². The molecule has 6 heteroatoms. The third-order valence-corrected chi connectivity index (χ3v) is 5.12. The predicted molar refractivity (Wildman–Crippen MR) is 110 cm³/mol. The van der Waals surface area contributed by atoms with E-state index in [0.717, 1.165) is 33.5 Å². The Hall–Kier alpha value is -3.80. The highest BCUT2D eigenvalue weighted by atomic mass is 16.5. The summed E-state index contributed by atoms with van der Waals surface area (Å²) in [6, 6.07) is 17.4. The van der Waals surface area contributed by atoms with Gasteiger partial charge < -0.3 is 19.4 Å². The molecule has 5 rings (SSSR count). The number of nitrogens with one attached hydrogen (secondary N) is 1. The third-order valence-electron chi connectivity index (χ3n) is 5.12. The molecule has 0 atom stereocenters. The van der Waals surface area contributed by atoms with Gasteiger partial charge in [-0.1, -0.05) is 18.2 Å². The molecule has 0 spiro atoms. The molecule has 1 amide bonds. The summed E-state index contributed by atoms with van der Waals surface area (Å²) >= 11 is 0. The van der Waals surface area contributed by atoms with Crippen molar-refractivity contribution in [2.45, 2.75) is 6.54 Å². The van der Waals surface area contributed by atoms with Crippen LogP contribution in [0.25, 0.3) is 22.2 Å². The number of fused-ring (bicyclic) bond motifs is 2. The Morgan fingerprint density at radius 1 is 1.14 bits per heavy atom. The Labute approximate surface area is 167 Å². The number of hydrogen-bond donors (Lipinski definition) is 1. The fourth-order valence-corrected chi connectivity index (χ4v) is 3.58. The first-order valence-electron chi connectivity index (χ1n) is 9.34. The molecule has 0 saturated heterocycles. The minimum Gasteiger partial charge on any atom is -0.497 e. The van der Waals surface area contributed by atoms with E-state index < -0.39 is 0 Å². The number of ether oxygens (including phenoxy) is 2. The average molecular weight is 385 g/mol. The van der Waals surface area contributed by atoms with E-state index in [9.17, 15) is 4.79 Å². The van der Waals surface area contributed by atoms with E-state index in [1.165, 1.54) is 0 Å². The molecule has 0 fully saturated rings. The number of benzene rings is 2. The highest BCUT2D eigenvalue weighted by molar-refractivity contribution is 5.98. The van der Waals surface area contributed by atoms with Crippen molar-refractivity contribution >= 4 is 16.9 Å². The molecular formula is C23H19N3O3. The van der Waals surface area contributed by atoms with Gasteiger partial charge in [-0.25, -0.2) is 4.98 Å². The summed E-state index contributed by atoms with van der Waals surface area (Å²) in [6.07, 6.45) is 3.69. The van der Waals surface area contributed by atoms with E-state index in [-0.39, 0.29) is 12.6 Å². The molecule has 2 aromatic heterocycles. The molecule has 3 heterocycles. The largest absolute Gasteiger partial charge is 0.497 e. The molecule has 0 unspecified atom stereocenters. The molecule has 1 aliphatic heterocycles. The second-order valence-corrected chi connectivity index (χ2v) is 6.98. The number of carbonyl (C=O) groups excluding carboxylic acids is 1. The molecule has 0 bridgehead atoms. The van der Waals surface area contributed by atoms with Crippen molar-refractivity contribution in [2.24, 2.45) is 0 Å². The maximum Gasteiger partial charge on any atom is 0.260 e. The van der Waals surface area contributed by atoms with E-state index >= 15 is 0 Å². The SMILES string of the molecule is COc1cccc(CN2COc3cc(-c4cnc5[nH]ccc5c4)ccc3C2=O)c1. The van der Waals surface area contributed by atoms with Crippen molar-refractivity contribution < 1.29 is 14.3 Å². The number of methoxy groups -OCH3 is 1. The lowest BCUT2D eigenvalue weighted by Crippen LogP contribution is -2.38. The van der Waals surface area contributed by atoms with E-state index in [2.05, 4.69) is 16.0 Å². The van der Waals surface area contributed by atoms with Crippen LogP contribution in [0.1, 0.15) is 15.9 Å². The Morgan fingerprint density at radius 2 is 2.07 bits per heavy atom. The van der Waals surface area contributed by atoms with Crippen LogP contribution in [0, 0.1) is 0 Å². The van der Waals surface area contributed by atoms with Crippen LogP contribution in [0.3, 0.4) is 0 Å². The van der Waals surface area contributed by atoms with Gasteiger partial charge in [-0.3, -0.25) is 4.79 Å². The van der Waals surface area contributed by atoms with Crippen LogP contribution in [0.15, 0.2) is 67.0 Å². The molecule has 1 N–H and O–H groups in total. The van der Waals surface area contributed by atoms with Gasteiger partial charge in [-0.15, -0.1) is 0 Å². The van der Waals surface area contributed by atoms with Gasteiger partial charge in [-0.2, -0.15) is 0 Å². The van der Waals surface area contributed by atoms with Gasteiger partial charge in [0.05, 0.1) is 12.7 Å². The summed E-state index contributed by atoms with van der Waals surface area (Å²) in [5.41, 5.74) is 4.36. The fourth-order valence-electron chi connectivity index (χ4n) is 3.58. The Kier molecular flexibility index (Phi) is 4.17. The Balaban J connectivity index is 1.40. The van der Waals surface area contributed by atoms with Crippen LogP contribution in [-0.4, -0.2) is 34.6 Å². The lowest BCUT2D eigenvalue weighted by molar-refractivity contribution is 0.0498. The number of H-pyrrole nitrogens is 1. The normalized spacial score (nSPS) is 13.3. The average Bonchev–Trinajstić information content (AvgIpc) is 3.23. The summed E-state index contributed by atoms with van der Waals surface area (Å²) in [6.45, 7) is 0.674. The number of pyridine rings is 1. The molecule has 29 heavy (non-hydrogen) atoms. The number of nitrogens with zero attached hydrogens (tertiary/aromatic N) is 2. The number of hydrogen-bond acceptors (Lipinski definition) is 4. The van der Waals surface area contributed by atoms with Gasteiger partial charge in [-0.05, 0) is 47.5 Å². The highest BCUT2D eigenvalue weighted by Gasteiger charge is 2.26. The van der Waals surface area contributed by atoms with Crippen molar-refractivity contribution in [1.82, 2.24) is 14.9 Å². The topological polar surface area (TPSA) is 67.5 Å². The van der Waals surface area contributed by atoms with Crippen LogP contribution in [-0.2, 0) is 6.54 Å². The van der Waals surface area contributed by atoms with Crippen molar-refractivity contribution in [3.8, 4) is 22.6 Å². The molecule has 0 radical (unpaired) electrons. The van der Waals surface area contributed by atoms with Gasteiger partial charge in [0.2, 0.25) is 0 Å². The lowest BCUT2D eigenvalue weighted by Gasteiger charge is -2.29. The van der Waals surface area contributed by atoms with Crippen LogP contribution < -0.4 is 9.47 Å². The first kappa shape index (κ1) is 17.3. The fraction of sp³-hybridized carbons (Fsp3) is 0.130. The van der Waals surface area contributed by atoms with Crippen LogP contribution in [0.5, 0.6) is 11.5 Å². The van der Waals surface area contributed by atoms with Crippen molar-refractivity contribution in [2.75, 3.05) is 13.8 Å². The summed E-state index contributed by atoms with van der Waals surface area (Å²) in [7, 11) is 1.63. The van der Waals surface area contributed by atoms with Gasteiger partial charge >= 0.3 is 0 Å². The Morgan fingerprint density at radius 3 is 2.97 bits per heavy atom. The second kappa shape index (κ2) is 6.98. The van der Waals surface area contributed by atoms with E-state index in [1.54, 1.807) is 12.0 Å². The summed E-state index contributed by atoms with van der Waals surface area (Å²) in [4.78, 5) is 22.2. The minimum atomic E-state index is -0.0418. The molecule has 0 saturated carbocycles. The number of rotatable bonds is 4. The first-order valence-corrected chi connectivity index (χ1v) is 9.34. The zero-order chi connectivity index (χ0) is 19.8. The zero-order valence-electron chi connectivity index (χ0n) is 15.9. The minimum absolute atomic E-state index is 0.0418. The Bertz CT molecular complexity index is 1210. The quantitative estimate of drug-likeness (QED) is 0.571. The van der Waals surface area contributed by atoms with Gasteiger partial charge in [0, 0.05) is 29.9 Å². The van der Waals surface area contributed by atoms with E-state index in [1.807, 2.05) is 60.9 Å². The van der Waals surface area contributed by atoms with Gasteiger partial charge in [0.25, 0.3) is 5.91 Å². The molecule has 0 aliphatic carbocycles. The van der Waals surface area contributed by atoms with E-state index in [4.69, 9.17) is 9.47 Å². The monoisotopic (exact) mass is 385 g/mol. The highest BCUT2D eigenvalue weighted by Crippen LogP contribution is 2.32. The molecule has 1 aliphatic rings. The second-order valence-electron chi connectivity index (χ2n) is 6.98. The maximum atomic E-state index is 13.0. The molecule has 4 aromatic rings. The molecule has 144 valence electrons. The molecule has 6 nitrogen and oxygen atoms in total. The van der Waals surface area contributed by atoms with Gasteiger partial charge in [0.15, 0.2) is 6.73 Å². The summed E-state index contributed by atoms with van der Waals surface area (Å²) in [5, 5.41) is 1.04. The number of amides is 1. The van der Waals surface area contributed by atoms with Crippen LogP contribution in [0.4, 0.5) is 0 Å². The first-order chi connectivity index (χ1) is 14.2. The summed E-state index contributed by atoms with van der Waals surface area (Å²) in [5.74, 6) is 1.33. The van der Waals surface area contributed by atoms with Crippen LogP contribution in [0.2, 0.25) is 0 Å². The number of aromatic nitrogens is 2. The standard InChI is InChI=1S/C23H19N3O3/c1-28-19-4-2-3-15(9-19)13-26-14-29-21-11-16(5-6-20(21)23(26)27)18-10-17-7-8-24-22(17)25-12-18/h2-12H,13-14H2,1H3,(H,24,25). The third kappa shape index (κ3) is 3.18. The number of aromatic amines is 1. The predicted octanol–water partition coefficient (Wildman–Crippen LogP) is 4.23. The van der Waals surface area contributed by atoms with Crippen molar-refractivity contribution in [3.63, 3.8) is 0 Å². The maximum absolute atomic E-state index is 13.0. The molecular weight excluding hydrogens is 366 g/mol. The van der Waals surface area contributed by atoms with Gasteiger partial charge in [0.1, 0.15) is 17.1 Å². The lowest BCUT2D eigenvalue weighted by atomic mass is 10.0. The molecule has 2 aromatic carbocycles. The summed E-state index contributed by atoms with van der Waals surface area (Å²) < 4.78 is 11.2. The van der Waals surface area contributed by atoms with Crippen LogP contribution >= 0.6 is 0 Å². The van der Waals surface area contributed by atoms with Crippen molar-refractivity contribution in [3.05, 3.63) is 78.1 Å². The smallest absolute Gasteiger partial charge is 0.260 e. The number of carbonyl (C=O) groups is 1.